The number of anilines is 2. The van der Waals surface area contributed by atoms with Gasteiger partial charge in [0.15, 0.2) is 0 Å². The predicted octanol–water partition coefficient (Wildman–Crippen LogP) is 5.60. The van der Waals surface area contributed by atoms with Crippen LogP contribution in [0.1, 0.15) is 45.8 Å². The van der Waals surface area contributed by atoms with E-state index in [1.807, 2.05) is 31.2 Å². The van der Waals surface area contributed by atoms with Crippen LogP contribution in [0.5, 0.6) is 11.5 Å². The molecular formula is C41H35N3O8. The molecule has 4 amide bonds. The number of fused-ring (bicyclic) bond motifs is 4. The number of carbonyl (C=O) groups excluding carboxylic acids is 4. The third-order valence-corrected chi connectivity index (χ3v) is 11.3. The Balaban J connectivity index is 1.33. The molecule has 3 N–H and O–H groups in total. The third-order valence-electron chi connectivity index (χ3n) is 11.3. The summed E-state index contributed by atoms with van der Waals surface area (Å²) < 4.78 is 5.82. The molecule has 262 valence electrons. The minimum Gasteiger partial charge on any atom is -0.508 e. The molecule has 0 radical (unpaired) electrons. The summed E-state index contributed by atoms with van der Waals surface area (Å²) in [7, 11) is 1.46. The highest BCUT2D eigenvalue weighted by molar-refractivity contribution is 6.23. The minimum absolute atomic E-state index is 0.0625. The smallest absolute Gasteiger partial charge is 0.335 e. The molecule has 4 aliphatic rings. The number of hydrogen-bond donors (Lipinski definition) is 3. The lowest BCUT2D eigenvalue weighted by Gasteiger charge is -2.50. The number of allylic oxidation sites excluding steroid dienone is 2. The van der Waals surface area contributed by atoms with Crippen LogP contribution in [0.25, 0.3) is 0 Å². The van der Waals surface area contributed by atoms with Crippen molar-refractivity contribution in [1.82, 2.24) is 5.01 Å². The Hall–Kier alpha value is -6.23. The number of nitrogens with one attached hydrogen (secondary N) is 1. The van der Waals surface area contributed by atoms with Gasteiger partial charge < -0.3 is 14.9 Å². The largest absolute Gasteiger partial charge is 0.508 e. The van der Waals surface area contributed by atoms with Crippen molar-refractivity contribution < 1.29 is 38.9 Å². The van der Waals surface area contributed by atoms with Crippen LogP contribution in [0, 0.1) is 30.6 Å². The summed E-state index contributed by atoms with van der Waals surface area (Å²) in [5.74, 6) is -7.40. The standard InChI is InChI=1S/C41H35N3O8/c1-22-14-16-25(17-15-22)42-44-37(47)30-21-29-27(18-19-28-33(29)38(48)43(36(28)46)26-11-6-8-23(20-26)39(49)50)35(34-31(45)12-7-13-32(34)52-2)41(30,40(44)51)24-9-4-3-5-10-24/h3-18,20,28-30,33,35,42,45H,19,21H2,1-2H3,(H,49,50)/t28-,29+,30-,33-,35+,41+/m0/s1. The maximum atomic E-state index is 15.3. The first-order chi connectivity index (χ1) is 25.1. The molecule has 11 nitrogen and oxygen atoms in total. The third kappa shape index (κ3) is 4.68. The van der Waals surface area contributed by atoms with Gasteiger partial charge in [0, 0.05) is 11.5 Å². The van der Waals surface area contributed by atoms with Gasteiger partial charge in [0.1, 0.15) is 11.5 Å². The average molecular weight is 698 g/mol. The molecule has 2 aliphatic carbocycles. The van der Waals surface area contributed by atoms with E-state index >= 15 is 4.79 Å². The van der Waals surface area contributed by atoms with E-state index in [0.29, 0.717) is 28.1 Å². The number of nitrogens with zero attached hydrogens (tertiary/aromatic N) is 2. The zero-order valence-electron chi connectivity index (χ0n) is 28.4. The van der Waals surface area contributed by atoms with Crippen LogP contribution in [-0.2, 0) is 24.6 Å². The van der Waals surface area contributed by atoms with Gasteiger partial charge in [0.25, 0.3) is 11.8 Å². The predicted molar refractivity (Wildman–Crippen MR) is 189 cm³/mol. The molecule has 8 rings (SSSR count). The van der Waals surface area contributed by atoms with Crippen molar-refractivity contribution in [2.75, 3.05) is 17.4 Å². The summed E-state index contributed by atoms with van der Waals surface area (Å²) in [6.07, 6.45) is 2.11. The molecule has 11 heteroatoms. The van der Waals surface area contributed by atoms with Crippen molar-refractivity contribution in [3.63, 3.8) is 0 Å². The Labute approximate surface area is 299 Å². The van der Waals surface area contributed by atoms with Gasteiger partial charge in [-0.25, -0.2) is 4.79 Å². The molecule has 52 heavy (non-hydrogen) atoms. The van der Waals surface area contributed by atoms with E-state index in [-0.39, 0.29) is 29.8 Å². The average Bonchev–Trinajstić information content (AvgIpc) is 3.53. The van der Waals surface area contributed by atoms with E-state index in [9.17, 15) is 29.4 Å². The molecule has 2 saturated heterocycles. The Morgan fingerprint density at radius 3 is 2.31 bits per heavy atom. The lowest BCUT2D eigenvalue weighted by Crippen LogP contribution is -2.53. The van der Waals surface area contributed by atoms with Gasteiger partial charge in [0.05, 0.1) is 47.2 Å². The molecular weight excluding hydrogens is 662 g/mol. The van der Waals surface area contributed by atoms with E-state index in [4.69, 9.17) is 4.74 Å². The van der Waals surface area contributed by atoms with E-state index < -0.39 is 64.6 Å². The number of carbonyl (C=O) groups is 5. The number of imide groups is 2. The maximum Gasteiger partial charge on any atom is 0.335 e. The van der Waals surface area contributed by atoms with Crippen molar-refractivity contribution in [1.29, 1.82) is 0 Å². The monoisotopic (exact) mass is 697 g/mol. The van der Waals surface area contributed by atoms with Crippen LogP contribution in [0.3, 0.4) is 0 Å². The van der Waals surface area contributed by atoms with Gasteiger partial charge >= 0.3 is 5.97 Å². The number of methoxy groups -OCH3 is 1. The number of amides is 4. The number of aromatic carboxylic acids is 1. The fraction of sp³-hybridized carbons (Fsp3) is 0.244. The van der Waals surface area contributed by atoms with E-state index in [1.54, 1.807) is 48.5 Å². The highest BCUT2D eigenvalue weighted by Crippen LogP contribution is 2.66. The molecule has 4 aromatic rings. The molecule has 2 aliphatic heterocycles. The zero-order valence-corrected chi connectivity index (χ0v) is 28.4. The minimum atomic E-state index is -1.58. The maximum absolute atomic E-state index is 15.3. The first kappa shape index (κ1) is 32.9. The van der Waals surface area contributed by atoms with Gasteiger partial charge in [-0.1, -0.05) is 71.8 Å². The summed E-state index contributed by atoms with van der Waals surface area (Å²) in [6, 6.07) is 26.8. The number of benzene rings is 4. The van der Waals surface area contributed by atoms with Gasteiger partial charge in [-0.2, -0.15) is 5.01 Å². The molecule has 1 saturated carbocycles. The number of hydrogen-bond acceptors (Lipinski definition) is 8. The topological polar surface area (TPSA) is 154 Å². The van der Waals surface area contributed by atoms with Crippen molar-refractivity contribution >= 4 is 41.0 Å². The Morgan fingerprint density at radius 2 is 1.60 bits per heavy atom. The van der Waals surface area contributed by atoms with Crippen LogP contribution in [0.2, 0.25) is 0 Å². The quantitative estimate of drug-likeness (QED) is 0.166. The van der Waals surface area contributed by atoms with Crippen molar-refractivity contribution in [3.8, 4) is 11.5 Å². The number of rotatable bonds is 7. The normalized spacial score (nSPS) is 26.4. The molecule has 0 bridgehead atoms. The number of hydrazine groups is 1. The van der Waals surface area contributed by atoms with Crippen LogP contribution in [0.15, 0.2) is 109 Å². The van der Waals surface area contributed by atoms with Crippen LogP contribution < -0.4 is 15.1 Å². The van der Waals surface area contributed by atoms with Crippen molar-refractivity contribution in [3.05, 3.63) is 131 Å². The lowest BCUT2D eigenvalue weighted by atomic mass is 9.49. The van der Waals surface area contributed by atoms with Gasteiger partial charge in [-0.3, -0.25) is 29.5 Å². The van der Waals surface area contributed by atoms with E-state index in [0.717, 1.165) is 15.5 Å². The number of carboxylic acids is 1. The second-order valence-electron chi connectivity index (χ2n) is 13.9. The molecule has 3 fully saturated rings. The Bertz CT molecular complexity index is 2200. The number of carboxylic acid groups (broad SMARTS) is 1. The van der Waals surface area contributed by atoms with Gasteiger partial charge in [0.2, 0.25) is 11.8 Å². The summed E-state index contributed by atoms with van der Waals surface area (Å²) in [4.78, 5) is 71.5. The molecule has 2 heterocycles. The van der Waals surface area contributed by atoms with Gasteiger partial charge in [-0.05, 0) is 73.7 Å². The first-order valence-corrected chi connectivity index (χ1v) is 17.1. The van der Waals surface area contributed by atoms with E-state index in [1.165, 1.54) is 37.4 Å². The number of phenolic OH excluding ortho intramolecular Hbond substituents is 1. The van der Waals surface area contributed by atoms with E-state index in [2.05, 4.69) is 5.43 Å². The highest BCUT2D eigenvalue weighted by atomic mass is 16.5. The van der Waals surface area contributed by atoms with Crippen LogP contribution in [0.4, 0.5) is 11.4 Å². The second-order valence-corrected chi connectivity index (χ2v) is 13.9. The summed E-state index contributed by atoms with van der Waals surface area (Å²) >= 11 is 0. The lowest BCUT2D eigenvalue weighted by molar-refractivity contribution is -0.138. The number of ether oxygens (including phenoxy) is 1. The fourth-order valence-corrected chi connectivity index (χ4v) is 9.09. The molecule has 0 unspecified atom stereocenters. The fourth-order valence-electron chi connectivity index (χ4n) is 9.09. The van der Waals surface area contributed by atoms with Crippen molar-refractivity contribution in [2.45, 2.75) is 31.1 Å². The Morgan fingerprint density at radius 1 is 0.865 bits per heavy atom. The molecule has 6 atom stereocenters. The highest BCUT2D eigenvalue weighted by Gasteiger charge is 2.71. The van der Waals surface area contributed by atoms with Gasteiger partial charge in [-0.15, -0.1) is 0 Å². The SMILES string of the molecule is COc1cccc(O)c1[C@H]1C2=CC[C@@H]3C(=O)N(c4cccc(C(=O)O)c4)C(=O)[C@@H]3[C@@H]2C[C@H]2C(=O)N(Nc3ccc(C)cc3)C(=O)[C@@]12c1ccccc1. The molecule has 4 aromatic carbocycles. The van der Waals surface area contributed by atoms with Crippen molar-refractivity contribution in [2.24, 2.45) is 23.7 Å². The second kappa shape index (κ2) is 12.2. The van der Waals surface area contributed by atoms with Crippen LogP contribution >= 0.6 is 0 Å². The first-order valence-electron chi connectivity index (χ1n) is 17.1. The summed E-state index contributed by atoms with van der Waals surface area (Å²) in [5, 5.41) is 22.3. The Kier molecular flexibility index (Phi) is 7.74. The summed E-state index contributed by atoms with van der Waals surface area (Å²) in [5.41, 5.74) is 4.60. The molecule has 0 spiro atoms. The summed E-state index contributed by atoms with van der Waals surface area (Å²) in [6.45, 7) is 1.93. The van der Waals surface area contributed by atoms with Crippen LogP contribution in [-0.4, -0.2) is 51.9 Å². The number of aryl methyl sites for hydroxylation is 1. The number of phenols is 1. The number of aromatic hydroxyl groups is 1. The molecule has 0 aromatic heterocycles. The zero-order chi connectivity index (χ0) is 36.5.